The molecule has 0 fully saturated rings. The highest BCUT2D eigenvalue weighted by molar-refractivity contribution is 6.67. The molecule has 0 N–H and O–H groups in total. The molecule has 0 aromatic heterocycles. The molecule has 0 bridgehead atoms. The van der Waals surface area contributed by atoms with Crippen molar-refractivity contribution < 1.29 is 8.85 Å². The Balaban J connectivity index is 4.56. The van der Waals surface area contributed by atoms with Crippen LogP contribution < -0.4 is 0 Å². The molecular formula is C16H36O2Si. The number of hydrogen-bond acceptors (Lipinski definition) is 2. The molecule has 2 nitrogen and oxygen atoms in total. The fourth-order valence-corrected chi connectivity index (χ4v) is 6.79. The summed E-state index contributed by atoms with van der Waals surface area (Å²) in [6.07, 6.45) is 2.53. The van der Waals surface area contributed by atoms with Gasteiger partial charge in [0.1, 0.15) is 0 Å². The fraction of sp³-hybridized carbons (Fsp3) is 1.00. The van der Waals surface area contributed by atoms with Crippen LogP contribution in [0.3, 0.4) is 0 Å². The molecule has 0 aromatic carbocycles. The Hall–Kier alpha value is 0.137. The van der Waals surface area contributed by atoms with Gasteiger partial charge in [-0.15, -0.1) is 0 Å². The lowest BCUT2D eigenvalue weighted by Crippen LogP contribution is -2.43. The average Bonchev–Trinajstić information content (AvgIpc) is 2.25. The Morgan fingerprint density at radius 1 is 0.684 bits per heavy atom. The molecule has 0 rings (SSSR count). The highest BCUT2D eigenvalue weighted by atomic mass is 28.4. The Morgan fingerprint density at radius 2 is 1.00 bits per heavy atom. The first-order chi connectivity index (χ1) is 8.74. The minimum Gasteiger partial charge on any atom is -0.398 e. The van der Waals surface area contributed by atoms with Gasteiger partial charge in [0.25, 0.3) is 0 Å². The topological polar surface area (TPSA) is 18.5 Å². The van der Waals surface area contributed by atoms with E-state index in [0.717, 1.165) is 23.9 Å². The van der Waals surface area contributed by atoms with Crippen LogP contribution in [0, 0.1) is 23.7 Å². The Kier molecular flexibility index (Phi) is 9.21. The van der Waals surface area contributed by atoms with Crippen LogP contribution in [0.1, 0.15) is 54.4 Å². The molecule has 0 spiro atoms. The summed E-state index contributed by atoms with van der Waals surface area (Å²) in [5.74, 6) is 2.89. The lowest BCUT2D eigenvalue weighted by molar-refractivity contribution is 0.222. The van der Waals surface area contributed by atoms with E-state index in [0.29, 0.717) is 11.8 Å². The first-order valence-electron chi connectivity index (χ1n) is 7.85. The van der Waals surface area contributed by atoms with Crippen LogP contribution >= 0.6 is 0 Å². The van der Waals surface area contributed by atoms with Crippen molar-refractivity contribution in [2.45, 2.75) is 66.5 Å². The molecule has 2 atom stereocenters. The predicted octanol–water partition coefficient (Wildman–Crippen LogP) is 5.09. The van der Waals surface area contributed by atoms with Gasteiger partial charge in [-0.05, 0) is 48.6 Å². The van der Waals surface area contributed by atoms with Crippen LogP contribution in [0.15, 0.2) is 0 Å². The molecule has 0 amide bonds. The van der Waals surface area contributed by atoms with Crippen molar-refractivity contribution >= 4 is 8.56 Å². The van der Waals surface area contributed by atoms with Gasteiger partial charge in [-0.3, -0.25) is 0 Å². The summed E-state index contributed by atoms with van der Waals surface area (Å²) in [5.41, 5.74) is 0. The minimum absolute atomic E-state index is 0.692. The molecular weight excluding hydrogens is 252 g/mol. The van der Waals surface area contributed by atoms with E-state index in [1.807, 2.05) is 14.2 Å². The Morgan fingerprint density at radius 3 is 1.21 bits per heavy atom. The Labute approximate surface area is 122 Å². The van der Waals surface area contributed by atoms with Gasteiger partial charge in [0.05, 0.1) is 0 Å². The second-order valence-corrected chi connectivity index (χ2v) is 10.7. The van der Waals surface area contributed by atoms with Crippen LogP contribution in [0.4, 0.5) is 0 Å². The molecule has 2 unspecified atom stereocenters. The van der Waals surface area contributed by atoms with E-state index in [4.69, 9.17) is 8.85 Å². The molecule has 19 heavy (non-hydrogen) atoms. The highest BCUT2D eigenvalue weighted by Gasteiger charge is 2.38. The second-order valence-electron chi connectivity index (χ2n) is 7.20. The molecule has 0 aliphatic carbocycles. The average molecular weight is 289 g/mol. The molecule has 3 heteroatoms. The van der Waals surface area contributed by atoms with Crippen molar-refractivity contribution in [2.75, 3.05) is 14.2 Å². The molecule has 0 aliphatic heterocycles. The van der Waals surface area contributed by atoms with Gasteiger partial charge in [0, 0.05) is 14.2 Å². The largest absolute Gasteiger partial charge is 0.398 e. The number of hydrogen-bond donors (Lipinski definition) is 0. The van der Waals surface area contributed by atoms with Crippen molar-refractivity contribution in [2.24, 2.45) is 23.7 Å². The molecule has 0 saturated heterocycles. The summed E-state index contributed by atoms with van der Waals surface area (Å²) in [4.78, 5) is 0. The van der Waals surface area contributed by atoms with Crippen LogP contribution in [-0.2, 0) is 8.85 Å². The minimum atomic E-state index is -2.00. The van der Waals surface area contributed by atoms with Crippen LogP contribution in [0.2, 0.25) is 12.1 Å². The third kappa shape index (κ3) is 8.11. The third-order valence-electron chi connectivity index (χ3n) is 3.81. The molecule has 0 heterocycles. The van der Waals surface area contributed by atoms with Gasteiger partial charge < -0.3 is 8.85 Å². The molecule has 0 saturated carbocycles. The van der Waals surface area contributed by atoms with Crippen LogP contribution in [0.5, 0.6) is 0 Å². The summed E-state index contributed by atoms with van der Waals surface area (Å²) in [5, 5.41) is 0. The van der Waals surface area contributed by atoms with Crippen molar-refractivity contribution in [3.05, 3.63) is 0 Å². The van der Waals surface area contributed by atoms with Gasteiger partial charge in [-0.2, -0.15) is 0 Å². The van der Waals surface area contributed by atoms with Crippen molar-refractivity contribution in [3.63, 3.8) is 0 Å². The van der Waals surface area contributed by atoms with Gasteiger partial charge in [-0.25, -0.2) is 0 Å². The van der Waals surface area contributed by atoms with E-state index in [-0.39, 0.29) is 0 Å². The summed E-state index contributed by atoms with van der Waals surface area (Å²) < 4.78 is 11.8. The standard InChI is InChI=1S/C16H36O2Si/c1-13(2)9-15(5)11-19(17-7,18-8)12-16(6)10-14(3)4/h13-16H,9-12H2,1-8H3. The summed E-state index contributed by atoms with van der Waals surface area (Å²) in [6, 6.07) is 2.25. The summed E-state index contributed by atoms with van der Waals surface area (Å²) >= 11 is 0. The van der Waals surface area contributed by atoms with Crippen molar-refractivity contribution in [1.82, 2.24) is 0 Å². The van der Waals surface area contributed by atoms with Gasteiger partial charge >= 0.3 is 8.56 Å². The van der Waals surface area contributed by atoms with Gasteiger partial charge in [-0.1, -0.05) is 41.5 Å². The number of rotatable bonds is 10. The smallest absolute Gasteiger partial charge is 0.338 e. The zero-order valence-corrected chi connectivity index (χ0v) is 15.5. The SMILES string of the molecule is CO[Si](CC(C)CC(C)C)(CC(C)CC(C)C)OC. The lowest BCUT2D eigenvalue weighted by atomic mass is 10.0. The fourth-order valence-electron chi connectivity index (χ4n) is 3.34. The van der Waals surface area contributed by atoms with Gasteiger partial charge in [0.2, 0.25) is 0 Å². The van der Waals surface area contributed by atoms with E-state index in [1.54, 1.807) is 0 Å². The normalized spacial score (nSPS) is 16.1. The van der Waals surface area contributed by atoms with E-state index in [1.165, 1.54) is 12.8 Å². The Bertz CT molecular complexity index is 205. The van der Waals surface area contributed by atoms with Crippen LogP contribution in [-0.4, -0.2) is 22.8 Å². The van der Waals surface area contributed by atoms with E-state index in [2.05, 4.69) is 41.5 Å². The third-order valence-corrected chi connectivity index (χ3v) is 7.94. The van der Waals surface area contributed by atoms with E-state index in [9.17, 15) is 0 Å². The maximum absolute atomic E-state index is 5.91. The predicted molar refractivity (Wildman–Crippen MR) is 86.6 cm³/mol. The second kappa shape index (κ2) is 9.14. The first-order valence-corrected chi connectivity index (χ1v) is 10.1. The summed E-state index contributed by atoms with van der Waals surface area (Å²) in [7, 11) is 1.69. The quantitative estimate of drug-likeness (QED) is 0.522. The highest BCUT2D eigenvalue weighted by Crippen LogP contribution is 2.31. The lowest BCUT2D eigenvalue weighted by Gasteiger charge is -2.33. The molecule has 0 aliphatic rings. The van der Waals surface area contributed by atoms with Crippen LogP contribution in [0.25, 0.3) is 0 Å². The van der Waals surface area contributed by atoms with E-state index < -0.39 is 8.56 Å². The molecule has 116 valence electrons. The van der Waals surface area contributed by atoms with Crippen molar-refractivity contribution in [1.29, 1.82) is 0 Å². The van der Waals surface area contributed by atoms with Crippen molar-refractivity contribution in [3.8, 4) is 0 Å². The summed E-state index contributed by atoms with van der Waals surface area (Å²) in [6.45, 7) is 13.8. The maximum atomic E-state index is 5.91. The molecule has 0 aromatic rings. The van der Waals surface area contributed by atoms with Gasteiger partial charge in [0.15, 0.2) is 0 Å². The maximum Gasteiger partial charge on any atom is 0.338 e. The molecule has 0 radical (unpaired) electrons. The monoisotopic (exact) mass is 288 g/mol. The zero-order chi connectivity index (χ0) is 15.1. The zero-order valence-electron chi connectivity index (χ0n) is 14.5. The first kappa shape index (κ1) is 19.1. The van der Waals surface area contributed by atoms with E-state index >= 15 is 0 Å².